The standard InChI is InChI=1S/C7H6O5/c1-4-5(10-2-9-4)6-7(8-1)12-3-11-6/h1,7H,2-3H2. The molecule has 12 heavy (non-hydrogen) atoms. The van der Waals surface area contributed by atoms with Crippen LogP contribution in [0.25, 0.3) is 0 Å². The molecular weight excluding hydrogens is 164 g/mol. The lowest BCUT2D eigenvalue weighted by atomic mass is 10.3. The molecule has 3 aliphatic heterocycles. The number of rotatable bonds is 0. The van der Waals surface area contributed by atoms with Gasteiger partial charge in [0.15, 0.2) is 6.79 Å². The molecule has 0 bridgehead atoms. The lowest BCUT2D eigenvalue weighted by molar-refractivity contribution is -0.0655. The fraction of sp³-hybridized carbons (Fsp3) is 0.429. The zero-order valence-corrected chi connectivity index (χ0v) is 6.11. The van der Waals surface area contributed by atoms with Crippen LogP contribution in [-0.4, -0.2) is 19.9 Å². The van der Waals surface area contributed by atoms with Gasteiger partial charge in [0.1, 0.15) is 6.26 Å². The minimum absolute atomic E-state index is 0.202. The first-order valence-electron chi connectivity index (χ1n) is 3.55. The molecule has 64 valence electrons. The van der Waals surface area contributed by atoms with Crippen molar-refractivity contribution in [1.29, 1.82) is 0 Å². The maximum absolute atomic E-state index is 5.17. The van der Waals surface area contributed by atoms with Crippen LogP contribution in [0.5, 0.6) is 0 Å². The minimum Gasteiger partial charge on any atom is -0.461 e. The molecule has 0 N–H and O–H groups in total. The largest absolute Gasteiger partial charge is 0.461 e. The van der Waals surface area contributed by atoms with Crippen LogP contribution in [0.15, 0.2) is 23.5 Å². The molecule has 5 nitrogen and oxygen atoms in total. The van der Waals surface area contributed by atoms with Gasteiger partial charge in [-0.05, 0) is 0 Å². The lowest BCUT2D eigenvalue weighted by Gasteiger charge is -2.13. The minimum atomic E-state index is -0.453. The normalized spacial score (nSPS) is 30.7. The van der Waals surface area contributed by atoms with Gasteiger partial charge in [-0.15, -0.1) is 0 Å². The molecule has 0 aliphatic carbocycles. The Hall–Kier alpha value is -1.36. The first-order chi connectivity index (χ1) is 5.95. The molecule has 0 aromatic heterocycles. The highest BCUT2D eigenvalue weighted by Gasteiger charge is 2.37. The third-order valence-corrected chi connectivity index (χ3v) is 1.81. The van der Waals surface area contributed by atoms with Crippen molar-refractivity contribution in [3.05, 3.63) is 23.5 Å². The van der Waals surface area contributed by atoms with Crippen molar-refractivity contribution in [2.75, 3.05) is 13.6 Å². The van der Waals surface area contributed by atoms with Crippen LogP contribution < -0.4 is 0 Å². The lowest BCUT2D eigenvalue weighted by Crippen LogP contribution is -2.15. The van der Waals surface area contributed by atoms with Crippen LogP contribution in [0.1, 0.15) is 0 Å². The smallest absolute Gasteiger partial charge is 0.264 e. The molecule has 3 aliphatic rings. The van der Waals surface area contributed by atoms with Crippen LogP contribution in [-0.2, 0) is 23.7 Å². The van der Waals surface area contributed by atoms with E-state index < -0.39 is 6.29 Å². The van der Waals surface area contributed by atoms with E-state index in [4.69, 9.17) is 23.7 Å². The molecule has 3 rings (SSSR count). The van der Waals surface area contributed by atoms with E-state index in [2.05, 4.69) is 0 Å². The molecule has 0 spiro atoms. The molecule has 0 amide bonds. The highest BCUT2D eigenvalue weighted by Crippen LogP contribution is 2.34. The van der Waals surface area contributed by atoms with E-state index in [-0.39, 0.29) is 13.6 Å². The number of ether oxygens (including phenoxy) is 5. The number of fused-ring (bicyclic) bond motifs is 2. The zero-order chi connectivity index (χ0) is 7.97. The van der Waals surface area contributed by atoms with E-state index in [9.17, 15) is 0 Å². The van der Waals surface area contributed by atoms with Crippen LogP contribution in [0.3, 0.4) is 0 Å². The molecule has 2 saturated heterocycles. The maximum Gasteiger partial charge on any atom is 0.264 e. The summed E-state index contributed by atoms with van der Waals surface area (Å²) >= 11 is 0. The van der Waals surface area contributed by atoms with Gasteiger partial charge in [-0.25, -0.2) is 0 Å². The molecule has 0 radical (unpaired) electrons. The SMILES string of the molecule is C1=C2OCOC2=C2OCOC2O1. The maximum atomic E-state index is 5.17. The van der Waals surface area contributed by atoms with Crippen LogP contribution in [0.4, 0.5) is 0 Å². The average molecular weight is 170 g/mol. The summed E-state index contributed by atoms with van der Waals surface area (Å²) in [5.41, 5.74) is 0. The predicted octanol–water partition coefficient (Wildman–Crippen LogP) is 0.404. The Labute approximate surface area is 68.1 Å². The van der Waals surface area contributed by atoms with Crippen molar-refractivity contribution in [2.45, 2.75) is 6.29 Å². The topological polar surface area (TPSA) is 46.2 Å². The van der Waals surface area contributed by atoms with Crippen LogP contribution in [0, 0.1) is 0 Å². The van der Waals surface area contributed by atoms with Crippen molar-refractivity contribution in [1.82, 2.24) is 0 Å². The Bertz CT molecular complexity index is 280. The second kappa shape index (κ2) is 2.07. The molecular formula is C7H6O5. The van der Waals surface area contributed by atoms with Crippen molar-refractivity contribution < 1.29 is 23.7 Å². The van der Waals surface area contributed by atoms with Gasteiger partial charge in [0.2, 0.25) is 24.1 Å². The van der Waals surface area contributed by atoms with Gasteiger partial charge in [-0.2, -0.15) is 0 Å². The summed E-state index contributed by atoms with van der Waals surface area (Å²) in [7, 11) is 0. The average Bonchev–Trinajstić information content (AvgIpc) is 2.71. The molecule has 2 fully saturated rings. The van der Waals surface area contributed by atoms with Gasteiger partial charge in [-0.3, -0.25) is 4.74 Å². The highest BCUT2D eigenvalue weighted by atomic mass is 16.8. The number of hydrogen-bond donors (Lipinski definition) is 0. The summed E-state index contributed by atoms with van der Waals surface area (Å²) in [6.07, 6.45) is 1.02. The fourth-order valence-electron chi connectivity index (χ4n) is 1.27. The van der Waals surface area contributed by atoms with Crippen molar-refractivity contribution in [2.24, 2.45) is 0 Å². The van der Waals surface area contributed by atoms with Gasteiger partial charge >= 0.3 is 0 Å². The monoisotopic (exact) mass is 170 g/mol. The van der Waals surface area contributed by atoms with E-state index in [0.29, 0.717) is 17.3 Å². The Morgan fingerprint density at radius 2 is 2.17 bits per heavy atom. The summed E-state index contributed by atoms with van der Waals surface area (Å²) < 4.78 is 25.6. The van der Waals surface area contributed by atoms with E-state index in [0.717, 1.165) is 0 Å². The number of hydrogen-bond acceptors (Lipinski definition) is 5. The summed E-state index contributed by atoms with van der Waals surface area (Å²) in [6, 6.07) is 0. The molecule has 0 saturated carbocycles. The third kappa shape index (κ3) is 0.660. The Balaban J connectivity index is 2.06. The second-order valence-corrected chi connectivity index (χ2v) is 2.48. The molecule has 5 heteroatoms. The molecule has 1 atom stereocenters. The van der Waals surface area contributed by atoms with E-state index in [1.807, 2.05) is 0 Å². The van der Waals surface area contributed by atoms with Crippen LogP contribution >= 0.6 is 0 Å². The molecule has 0 aromatic carbocycles. The van der Waals surface area contributed by atoms with E-state index in [1.165, 1.54) is 6.26 Å². The summed E-state index contributed by atoms with van der Waals surface area (Å²) in [5, 5.41) is 0. The van der Waals surface area contributed by atoms with E-state index >= 15 is 0 Å². The van der Waals surface area contributed by atoms with Crippen molar-refractivity contribution in [3.8, 4) is 0 Å². The Morgan fingerprint density at radius 3 is 3.17 bits per heavy atom. The highest BCUT2D eigenvalue weighted by molar-refractivity contribution is 5.28. The van der Waals surface area contributed by atoms with Gasteiger partial charge in [-0.1, -0.05) is 0 Å². The van der Waals surface area contributed by atoms with Gasteiger partial charge in [0.25, 0.3) is 6.29 Å². The molecule has 3 heterocycles. The third-order valence-electron chi connectivity index (χ3n) is 1.81. The van der Waals surface area contributed by atoms with Gasteiger partial charge < -0.3 is 18.9 Å². The molecule has 0 aromatic rings. The second-order valence-electron chi connectivity index (χ2n) is 2.48. The van der Waals surface area contributed by atoms with E-state index in [1.54, 1.807) is 0 Å². The summed E-state index contributed by atoms with van der Waals surface area (Å²) in [4.78, 5) is 0. The first-order valence-corrected chi connectivity index (χ1v) is 3.55. The van der Waals surface area contributed by atoms with Gasteiger partial charge in [0.05, 0.1) is 0 Å². The Kier molecular flexibility index (Phi) is 1.07. The summed E-state index contributed by atoms with van der Waals surface area (Å²) in [5.74, 6) is 1.75. The molecule has 1 unspecified atom stereocenters. The predicted molar refractivity (Wildman–Crippen MR) is 34.1 cm³/mol. The fourth-order valence-corrected chi connectivity index (χ4v) is 1.27. The van der Waals surface area contributed by atoms with Crippen LogP contribution in [0.2, 0.25) is 0 Å². The first kappa shape index (κ1) is 6.19. The van der Waals surface area contributed by atoms with Gasteiger partial charge in [0, 0.05) is 0 Å². The van der Waals surface area contributed by atoms with Crippen molar-refractivity contribution >= 4 is 0 Å². The Morgan fingerprint density at radius 1 is 1.17 bits per heavy atom. The summed E-state index contributed by atoms with van der Waals surface area (Å²) in [6.45, 7) is 0.415. The quantitative estimate of drug-likeness (QED) is 0.526. The van der Waals surface area contributed by atoms with Crippen molar-refractivity contribution in [3.63, 3.8) is 0 Å². The zero-order valence-electron chi connectivity index (χ0n) is 6.11.